The SMILES string of the molecule is CCCNC(=O)c1cncc(N(CC)c2ccccc2)c1. The topological polar surface area (TPSA) is 45.2 Å². The third kappa shape index (κ3) is 3.81. The number of anilines is 2. The third-order valence-electron chi connectivity index (χ3n) is 3.22. The zero-order chi connectivity index (χ0) is 15.1. The molecule has 0 atom stereocenters. The Balaban J connectivity index is 2.25. The summed E-state index contributed by atoms with van der Waals surface area (Å²) in [6, 6.07) is 12.0. The second-order valence-corrected chi connectivity index (χ2v) is 4.77. The van der Waals surface area contributed by atoms with Crippen molar-refractivity contribution in [1.82, 2.24) is 10.3 Å². The van der Waals surface area contributed by atoms with E-state index in [1.807, 2.05) is 43.3 Å². The second-order valence-electron chi connectivity index (χ2n) is 4.77. The molecule has 0 bridgehead atoms. The van der Waals surface area contributed by atoms with Crippen LogP contribution in [-0.2, 0) is 0 Å². The van der Waals surface area contributed by atoms with Crippen molar-refractivity contribution in [2.45, 2.75) is 20.3 Å². The first-order chi connectivity index (χ1) is 10.3. The fourth-order valence-corrected chi connectivity index (χ4v) is 2.16. The summed E-state index contributed by atoms with van der Waals surface area (Å²) >= 11 is 0. The largest absolute Gasteiger partial charge is 0.352 e. The van der Waals surface area contributed by atoms with Crippen LogP contribution in [0.25, 0.3) is 0 Å². The first kappa shape index (κ1) is 15.0. The molecule has 110 valence electrons. The van der Waals surface area contributed by atoms with E-state index >= 15 is 0 Å². The van der Waals surface area contributed by atoms with Crippen LogP contribution < -0.4 is 10.2 Å². The van der Waals surface area contributed by atoms with Crippen LogP contribution >= 0.6 is 0 Å². The maximum Gasteiger partial charge on any atom is 0.252 e. The van der Waals surface area contributed by atoms with Gasteiger partial charge in [-0.1, -0.05) is 25.1 Å². The molecule has 0 radical (unpaired) electrons. The van der Waals surface area contributed by atoms with E-state index in [1.165, 1.54) is 0 Å². The lowest BCUT2D eigenvalue weighted by atomic mass is 10.2. The molecule has 0 aliphatic carbocycles. The molecule has 1 aromatic heterocycles. The van der Waals surface area contributed by atoms with Crippen molar-refractivity contribution in [2.24, 2.45) is 0 Å². The summed E-state index contributed by atoms with van der Waals surface area (Å²) in [7, 11) is 0. The number of nitrogens with one attached hydrogen (secondary N) is 1. The molecule has 2 rings (SSSR count). The molecule has 0 aliphatic rings. The minimum Gasteiger partial charge on any atom is -0.352 e. The maximum absolute atomic E-state index is 12.0. The van der Waals surface area contributed by atoms with Gasteiger partial charge in [0, 0.05) is 25.0 Å². The molecular formula is C17H21N3O. The quantitative estimate of drug-likeness (QED) is 0.884. The Morgan fingerprint density at radius 1 is 1.14 bits per heavy atom. The number of para-hydroxylation sites is 1. The van der Waals surface area contributed by atoms with Crippen LogP contribution in [0.4, 0.5) is 11.4 Å². The number of carbonyl (C=O) groups is 1. The molecular weight excluding hydrogens is 262 g/mol. The Hall–Kier alpha value is -2.36. The van der Waals surface area contributed by atoms with Gasteiger partial charge in [-0.3, -0.25) is 9.78 Å². The van der Waals surface area contributed by atoms with Crippen molar-refractivity contribution in [3.8, 4) is 0 Å². The molecule has 4 nitrogen and oxygen atoms in total. The molecule has 1 N–H and O–H groups in total. The summed E-state index contributed by atoms with van der Waals surface area (Å²) in [6.45, 7) is 5.60. The number of pyridine rings is 1. The highest BCUT2D eigenvalue weighted by Gasteiger charge is 2.11. The number of rotatable bonds is 6. The molecule has 21 heavy (non-hydrogen) atoms. The van der Waals surface area contributed by atoms with Gasteiger partial charge in [0.15, 0.2) is 0 Å². The van der Waals surface area contributed by atoms with E-state index in [4.69, 9.17) is 0 Å². The summed E-state index contributed by atoms with van der Waals surface area (Å²) < 4.78 is 0. The number of hydrogen-bond acceptors (Lipinski definition) is 3. The van der Waals surface area contributed by atoms with Crippen molar-refractivity contribution >= 4 is 17.3 Å². The molecule has 4 heteroatoms. The molecule has 1 heterocycles. The van der Waals surface area contributed by atoms with Gasteiger partial charge in [0.2, 0.25) is 0 Å². The van der Waals surface area contributed by atoms with E-state index in [9.17, 15) is 4.79 Å². The Bertz CT molecular complexity index is 584. The summed E-state index contributed by atoms with van der Waals surface area (Å²) in [5.41, 5.74) is 2.61. The van der Waals surface area contributed by atoms with E-state index in [2.05, 4.69) is 22.1 Å². The van der Waals surface area contributed by atoms with Gasteiger partial charge >= 0.3 is 0 Å². The molecule has 1 aromatic carbocycles. The summed E-state index contributed by atoms with van der Waals surface area (Å²) in [4.78, 5) is 18.4. The van der Waals surface area contributed by atoms with Crippen molar-refractivity contribution in [3.63, 3.8) is 0 Å². The summed E-state index contributed by atoms with van der Waals surface area (Å²) in [5, 5.41) is 2.88. The van der Waals surface area contributed by atoms with E-state index in [1.54, 1.807) is 12.4 Å². The minimum atomic E-state index is -0.0738. The molecule has 0 saturated heterocycles. The average molecular weight is 283 g/mol. The maximum atomic E-state index is 12.0. The zero-order valence-electron chi connectivity index (χ0n) is 12.5. The molecule has 0 saturated carbocycles. The van der Waals surface area contributed by atoms with Crippen LogP contribution in [0, 0.1) is 0 Å². The lowest BCUT2D eigenvalue weighted by Crippen LogP contribution is -2.24. The Morgan fingerprint density at radius 3 is 2.57 bits per heavy atom. The number of nitrogens with zero attached hydrogens (tertiary/aromatic N) is 2. The molecule has 1 amide bonds. The highest BCUT2D eigenvalue weighted by molar-refractivity contribution is 5.94. The normalized spacial score (nSPS) is 10.2. The van der Waals surface area contributed by atoms with Gasteiger partial charge in [-0.05, 0) is 31.5 Å². The van der Waals surface area contributed by atoms with E-state index in [-0.39, 0.29) is 5.91 Å². The van der Waals surface area contributed by atoms with Crippen LogP contribution in [0.2, 0.25) is 0 Å². The van der Waals surface area contributed by atoms with Crippen molar-refractivity contribution in [3.05, 3.63) is 54.4 Å². The molecule has 2 aromatic rings. The average Bonchev–Trinajstić information content (AvgIpc) is 2.54. The fraction of sp³-hybridized carbons (Fsp3) is 0.294. The zero-order valence-corrected chi connectivity index (χ0v) is 12.5. The monoisotopic (exact) mass is 283 g/mol. The molecule has 0 unspecified atom stereocenters. The Morgan fingerprint density at radius 2 is 1.90 bits per heavy atom. The smallest absolute Gasteiger partial charge is 0.252 e. The van der Waals surface area contributed by atoms with Gasteiger partial charge in [-0.15, -0.1) is 0 Å². The number of aromatic nitrogens is 1. The summed E-state index contributed by atoms with van der Waals surface area (Å²) in [6.07, 6.45) is 4.31. The minimum absolute atomic E-state index is 0.0738. The van der Waals surface area contributed by atoms with Crippen molar-refractivity contribution in [1.29, 1.82) is 0 Å². The second kappa shape index (κ2) is 7.43. The predicted octanol–water partition coefficient (Wildman–Crippen LogP) is 3.38. The summed E-state index contributed by atoms with van der Waals surface area (Å²) in [5.74, 6) is -0.0738. The van der Waals surface area contributed by atoms with Crippen molar-refractivity contribution < 1.29 is 4.79 Å². The third-order valence-corrected chi connectivity index (χ3v) is 3.22. The molecule has 0 aliphatic heterocycles. The van der Waals surface area contributed by atoms with Gasteiger partial charge < -0.3 is 10.2 Å². The first-order valence-electron chi connectivity index (χ1n) is 7.32. The Labute approximate surface area is 125 Å². The molecule has 0 spiro atoms. The molecule has 0 fully saturated rings. The highest BCUT2D eigenvalue weighted by Crippen LogP contribution is 2.24. The first-order valence-corrected chi connectivity index (χ1v) is 7.32. The number of benzene rings is 1. The lowest BCUT2D eigenvalue weighted by molar-refractivity contribution is 0.0953. The van der Waals surface area contributed by atoms with Gasteiger partial charge in [0.25, 0.3) is 5.91 Å². The van der Waals surface area contributed by atoms with Gasteiger partial charge in [0.05, 0.1) is 17.4 Å². The van der Waals surface area contributed by atoms with Crippen LogP contribution in [-0.4, -0.2) is 24.0 Å². The standard InChI is InChI=1S/C17H21N3O/c1-3-10-19-17(21)14-11-16(13-18-12-14)20(4-2)15-8-6-5-7-9-15/h5-9,11-13H,3-4,10H2,1-2H3,(H,19,21). The van der Waals surface area contributed by atoms with Crippen LogP contribution in [0.1, 0.15) is 30.6 Å². The van der Waals surface area contributed by atoms with Gasteiger partial charge in [0.1, 0.15) is 0 Å². The van der Waals surface area contributed by atoms with Gasteiger partial charge in [-0.25, -0.2) is 0 Å². The van der Waals surface area contributed by atoms with E-state index in [0.717, 1.165) is 24.3 Å². The number of amides is 1. The van der Waals surface area contributed by atoms with Crippen LogP contribution in [0.15, 0.2) is 48.8 Å². The van der Waals surface area contributed by atoms with Crippen LogP contribution in [0.3, 0.4) is 0 Å². The Kier molecular flexibility index (Phi) is 5.32. The van der Waals surface area contributed by atoms with E-state index in [0.29, 0.717) is 12.1 Å². The van der Waals surface area contributed by atoms with Gasteiger partial charge in [-0.2, -0.15) is 0 Å². The fourth-order valence-electron chi connectivity index (χ4n) is 2.16. The highest BCUT2D eigenvalue weighted by atomic mass is 16.1. The van der Waals surface area contributed by atoms with E-state index < -0.39 is 0 Å². The lowest BCUT2D eigenvalue weighted by Gasteiger charge is -2.23. The predicted molar refractivity (Wildman–Crippen MR) is 86.0 cm³/mol. The van der Waals surface area contributed by atoms with Crippen LogP contribution in [0.5, 0.6) is 0 Å². The van der Waals surface area contributed by atoms with Crippen molar-refractivity contribution in [2.75, 3.05) is 18.0 Å². The number of hydrogen-bond donors (Lipinski definition) is 1. The number of carbonyl (C=O) groups excluding carboxylic acids is 1.